The molecule has 2 aliphatic rings. The summed E-state index contributed by atoms with van der Waals surface area (Å²) in [4.78, 5) is 12.5. The van der Waals surface area contributed by atoms with Crippen LogP contribution in [-0.4, -0.2) is 5.91 Å². The van der Waals surface area contributed by atoms with E-state index in [1.54, 1.807) is 0 Å². The van der Waals surface area contributed by atoms with Crippen molar-refractivity contribution < 1.29 is 4.79 Å². The Balaban J connectivity index is 1.53. The van der Waals surface area contributed by atoms with Crippen molar-refractivity contribution in [3.63, 3.8) is 0 Å². The van der Waals surface area contributed by atoms with Crippen LogP contribution < -0.4 is 5.32 Å². The Morgan fingerprint density at radius 1 is 1.05 bits per heavy atom. The Morgan fingerprint density at radius 2 is 1.77 bits per heavy atom. The average Bonchev–Trinajstić information content (AvgIpc) is 2.55. The highest BCUT2D eigenvalue weighted by Crippen LogP contribution is 2.45. The second-order valence-electron chi connectivity index (χ2n) is 7.35. The fourth-order valence-corrected chi connectivity index (χ4v) is 4.66. The number of fused-ring (bicyclic) bond motifs is 1. The number of nitrogens with one attached hydrogen (secondary N) is 1. The van der Waals surface area contributed by atoms with Gasteiger partial charge in [0.2, 0.25) is 5.91 Å². The van der Waals surface area contributed by atoms with Gasteiger partial charge in [-0.25, -0.2) is 0 Å². The molecule has 120 valence electrons. The number of hydrogen-bond acceptors (Lipinski definition) is 1. The fraction of sp³-hybridized carbons (Fsp3) is 0.650. The molecule has 2 nitrogen and oxygen atoms in total. The minimum Gasteiger partial charge on any atom is -0.326 e. The van der Waals surface area contributed by atoms with E-state index in [9.17, 15) is 4.79 Å². The van der Waals surface area contributed by atoms with Gasteiger partial charge in [0.05, 0.1) is 0 Å². The van der Waals surface area contributed by atoms with Gasteiger partial charge in [-0.05, 0) is 62.0 Å². The largest absolute Gasteiger partial charge is 0.326 e. The van der Waals surface area contributed by atoms with Gasteiger partial charge in [0.25, 0.3) is 0 Å². The molecule has 0 radical (unpaired) electrons. The molecular weight excluding hydrogens is 270 g/mol. The first kappa shape index (κ1) is 15.6. The van der Waals surface area contributed by atoms with Gasteiger partial charge in [-0.15, -0.1) is 0 Å². The third-order valence-corrected chi connectivity index (χ3v) is 5.83. The van der Waals surface area contributed by atoms with Crippen LogP contribution in [0.4, 0.5) is 5.69 Å². The summed E-state index contributed by atoms with van der Waals surface area (Å²) in [7, 11) is 0. The average molecular weight is 299 g/mol. The molecule has 1 N–H and O–H groups in total. The molecule has 1 aromatic carbocycles. The molecule has 1 aromatic rings. The predicted molar refractivity (Wildman–Crippen MR) is 91.6 cm³/mol. The van der Waals surface area contributed by atoms with Gasteiger partial charge in [-0.3, -0.25) is 4.79 Å². The lowest BCUT2D eigenvalue weighted by atomic mass is 9.64. The van der Waals surface area contributed by atoms with Crippen molar-refractivity contribution in [2.45, 2.75) is 58.3 Å². The zero-order chi connectivity index (χ0) is 15.4. The van der Waals surface area contributed by atoms with Crippen LogP contribution in [0.3, 0.4) is 0 Å². The maximum absolute atomic E-state index is 12.5. The van der Waals surface area contributed by atoms with Gasteiger partial charge in [-0.1, -0.05) is 44.4 Å². The molecule has 0 heterocycles. The molecule has 2 unspecified atom stereocenters. The van der Waals surface area contributed by atoms with Crippen molar-refractivity contribution in [3.05, 3.63) is 30.3 Å². The summed E-state index contributed by atoms with van der Waals surface area (Å²) in [5.41, 5.74) is 0.932. The Bertz CT molecular complexity index is 484. The van der Waals surface area contributed by atoms with Crippen LogP contribution in [0.2, 0.25) is 0 Å². The summed E-state index contributed by atoms with van der Waals surface area (Å²) in [5.74, 6) is 3.12. The standard InChI is InChI=1S/C20H29NO/c1-2-6-15-9-10-17-14-18(12-11-16(17)13-15)20(22)21-19-7-4-3-5-8-19/h3-5,7-8,15-18H,2,6,9-14H2,1H3,(H,21,22)/t15?,16-,17?,18-/m1/s1. The fourth-order valence-electron chi connectivity index (χ4n) is 4.66. The van der Waals surface area contributed by atoms with Crippen LogP contribution in [0, 0.1) is 23.7 Å². The molecular formula is C20H29NO. The lowest BCUT2D eigenvalue weighted by Crippen LogP contribution is -2.35. The van der Waals surface area contributed by atoms with Crippen molar-refractivity contribution in [3.8, 4) is 0 Å². The summed E-state index contributed by atoms with van der Waals surface area (Å²) in [5, 5.41) is 3.10. The number of amides is 1. The monoisotopic (exact) mass is 299 g/mol. The quantitative estimate of drug-likeness (QED) is 0.807. The maximum atomic E-state index is 12.5. The van der Waals surface area contributed by atoms with Gasteiger partial charge in [0, 0.05) is 11.6 Å². The number of carbonyl (C=O) groups is 1. The first-order chi connectivity index (χ1) is 10.8. The third kappa shape index (κ3) is 3.71. The molecule has 0 bridgehead atoms. The number of hydrogen-bond donors (Lipinski definition) is 1. The smallest absolute Gasteiger partial charge is 0.227 e. The minimum absolute atomic E-state index is 0.226. The zero-order valence-corrected chi connectivity index (χ0v) is 13.8. The Kier molecular flexibility index (Phi) is 5.17. The second-order valence-corrected chi connectivity index (χ2v) is 7.35. The van der Waals surface area contributed by atoms with Crippen LogP contribution in [0.25, 0.3) is 0 Å². The topological polar surface area (TPSA) is 29.1 Å². The lowest BCUT2D eigenvalue weighted by Gasteiger charge is -2.41. The van der Waals surface area contributed by atoms with E-state index in [1.165, 1.54) is 38.5 Å². The van der Waals surface area contributed by atoms with E-state index in [-0.39, 0.29) is 11.8 Å². The van der Waals surface area contributed by atoms with Crippen molar-refractivity contribution in [1.82, 2.24) is 0 Å². The van der Waals surface area contributed by atoms with Crippen molar-refractivity contribution in [2.75, 3.05) is 5.32 Å². The SMILES string of the molecule is CCCC1CCC2C[C@H](C(=O)Nc3ccccc3)CC[C@@H]2C1. The summed E-state index contributed by atoms with van der Waals surface area (Å²) in [6.45, 7) is 2.30. The molecule has 3 rings (SSSR count). The van der Waals surface area contributed by atoms with Crippen LogP contribution in [0.15, 0.2) is 30.3 Å². The first-order valence-corrected chi connectivity index (χ1v) is 9.12. The molecule has 2 aliphatic carbocycles. The molecule has 4 atom stereocenters. The summed E-state index contributed by atoms with van der Waals surface area (Å²) >= 11 is 0. The van der Waals surface area contributed by atoms with E-state index in [0.29, 0.717) is 0 Å². The first-order valence-electron chi connectivity index (χ1n) is 9.12. The normalized spacial score (nSPS) is 31.3. The highest BCUT2D eigenvalue weighted by Gasteiger charge is 2.37. The third-order valence-electron chi connectivity index (χ3n) is 5.83. The van der Waals surface area contributed by atoms with E-state index in [0.717, 1.165) is 36.3 Å². The second kappa shape index (κ2) is 7.30. The van der Waals surface area contributed by atoms with E-state index >= 15 is 0 Å². The van der Waals surface area contributed by atoms with E-state index in [2.05, 4.69) is 12.2 Å². The van der Waals surface area contributed by atoms with E-state index < -0.39 is 0 Å². The Morgan fingerprint density at radius 3 is 2.55 bits per heavy atom. The van der Waals surface area contributed by atoms with Gasteiger partial charge >= 0.3 is 0 Å². The number of anilines is 1. The van der Waals surface area contributed by atoms with E-state index in [4.69, 9.17) is 0 Å². The molecule has 2 fully saturated rings. The van der Waals surface area contributed by atoms with Gasteiger partial charge in [-0.2, -0.15) is 0 Å². The van der Waals surface area contributed by atoms with Crippen LogP contribution in [-0.2, 0) is 4.79 Å². The predicted octanol–water partition coefficient (Wildman–Crippen LogP) is 5.26. The molecule has 0 spiro atoms. The Hall–Kier alpha value is -1.31. The van der Waals surface area contributed by atoms with Crippen molar-refractivity contribution in [2.24, 2.45) is 23.7 Å². The lowest BCUT2D eigenvalue weighted by molar-refractivity contribution is -0.122. The molecule has 1 amide bonds. The molecule has 0 aromatic heterocycles. The number of carbonyl (C=O) groups excluding carboxylic acids is 1. The van der Waals surface area contributed by atoms with Gasteiger partial charge in [0.15, 0.2) is 0 Å². The van der Waals surface area contributed by atoms with Crippen molar-refractivity contribution >= 4 is 11.6 Å². The van der Waals surface area contributed by atoms with Crippen LogP contribution in [0.5, 0.6) is 0 Å². The Labute approximate surface area is 134 Å². The minimum atomic E-state index is 0.226. The number of benzene rings is 1. The highest BCUT2D eigenvalue weighted by molar-refractivity contribution is 5.92. The molecule has 2 saturated carbocycles. The number of rotatable bonds is 4. The molecule has 22 heavy (non-hydrogen) atoms. The summed E-state index contributed by atoms with van der Waals surface area (Å²) < 4.78 is 0. The van der Waals surface area contributed by atoms with Gasteiger partial charge in [0.1, 0.15) is 0 Å². The summed E-state index contributed by atoms with van der Waals surface area (Å²) in [6.07, 6.45) is 10.3. The molecule has 0 saturated heterocycles. The zero-order valence-electron chi connectivity index (χ0n) is 13.8. The highest BCUT2D eigenvalue weighted by atomic mass is 16.1. The summed E-state index contributed by atoms with van der Waals surface area (Å²) in [6, 6.07) is 9.87. The number of para-hydroxylation sites is 1. The van der Waals surface area contributed by atoms with Gasteiger partial charge < -0.3 is 5.32 Å². The van der Waals surface area contributed by atoms with Crippen LogP contribution >= 0.6 is 0 Å². The van der Waals surface area contributed by atoms with Crippen LogP contribution in [0.1, 0.15) is 58.3 Å². The maximum Gasteiger partial charge on any atom is 0.227 e. The van der Waals surface area contributed by atoms with Crippen molar-refractivity contribution in [1.29, 1.82) is 0 Å². The van der Waals surface area contributed by atoms with E-state index in [1.807, 2.05) is 30.3 Å². The molecule has 0 aliphatic heterocycles. The molecule has 2 heteroatoms.